The van der Waals surface area contributed by atoms with Gasteiger partial charge in [-0.25, -0.2) is 0 Å². The van der Waals surface area contributed by atoms with Gasteiger partial charge in [-0.3, -0.25) is 0 Å². The van der Waals surface area contributed by atoms with Crippen molar-refractivity contribution in [3.05, 3.63) is 66.2 Å². The molecule has 0 radical (unpaired) electrons. The van der Waals surface area contributed by atoms with E-state index in [1.807, 2.05) is 0 Å². The first kappa shape index (κ1) is 16.2. The summed E-state index contributed by atoms with van der Waals surface area (Å²) in [5, 5.41) is 2.44. The molecule has 1 nitrogen and oxygen atoms in total. The van der Waals surface area contributed by atoms with Gasteiger partial charge in [0, 0.05) is 0 Å². The van der Waals surface area contributed by atoms with Gasteiger partial charge in [0.15, 0.2) is 0 Å². The van der Waals surface area contributed by atoms with Crippen LogP contribution >= 0.6 is 4.43 Å². The number of hydrogen-bond acceptors (Lipinski definition) is 1. The van der Waals surface area contributed by atoms with Gasteiger partial charge in [-0.05, 0) is 0 Å². The van der Waals surface area contributed by atoms with Crippen molar-refractivity contribution in [1.82, 2.24) is 0 Å². The minimum atomic E-state index is -1.61. The third-order valence-electron chi connectivity index (χ3n) is 2.67. The molecule has 0 bridgehead atoms. The Morgan fingerprint density at radius 2 is 1.55 bits per heavy atom. The van der Waals surface area contributed by atoms with E-state index in [2.05, 4.69) is 89.6 Å². The molecule has 20 heavy (non-hydrogen) atoms. The molecule has 2 aromatic carbocycles. The van der Waals surface area contributed by atoms with Gasteiger partial charge in [-0.15, -0.1) is 0 Å². The molecule has 0 heterocycles. The van der Waals surface area contributed by atoms with E-state index in [4.69, 9.17) is 4.52 Å². The van der Waals surface area contributed by atoms with E-state index in [1.54, 1.807) is 0 Å². The second-order valence-electron chi connectivity index (χ2n) is 4.75. The van der Waals surface area contributed by atoms with Crippen molar-refractivity contribution < 1.29 is 4.52 Å². The molecule has 2 aromatic rings. The second kappa shape index (κ2) is 7.76. The van der Waals surface area contributed by atoms with E-state index in [9.17, 15) is 0 Å². The summed E-state index contributed by atoms with van der Waals surface area (Å²) in [6.07, 6.45) is 0.252. The Balaban J connectivity index is 2.18. The summed E-state index contributed by atoms with van der Waals surface area (Å²) >= 11 is 3.83. The SMILES string of the molecule is CC(C)OP(=[Se])([Se]Cc1ccccc1)c1ccccc1. The van der Waals surface area contributed by atoms with Gasteiger partial charge < -0.3 is 0 Å². The Morgan fingerprint density at radius 1 is 1.00 bits per heavy atom. The zero-order chi connectivity index (χ0) is 14.4. The fraction of sp³-hybridized carbons (Fsp3) is 0.250. The van der Waals surface area contributed by atoms with Crippen molar-refractivity contribution in [1.29, 1.82) is 0 Å². The minimum absolute atomic E-state index is 0.252. The Hall–Kier alpha value is -0.131. The Bertz CT molecular complexity index is 570. The van der Waals surface area contributed by atoms with Crippen LogP contribution in [0.3, 0.4) is 0 Å². The van der Waals surface area contributed by atoms with E-state index >= 15 is 0 Å². The number of hydrogen-bond donors (Lipinski definition) is 0. The summed E-state index contributed by atoms with van der Waals surface area (Å²) in [5.74, 6) is 0. The van der Waals surface area contributed by atoms with E-state index in [0.29, 0.717) is 14.5 Å². The molecule has 0 aromatic heterocycles. The first-order valence-corrected chi connectivity index (χ1v) is 14.0. The van der Waals surface area contributed by atoms with Crippen molar-refractivity contribution in [2.75, 3.05) is 0 Å². The fourth-order valence-electron chi connectivity index (χ4n) is 1.79. The molecule has 1 unspecified atom stereocenters. The van der Waals surface area contributed by atoms with Gasteiger partial charge in [0.1, 0.15) is 0 Å². The van der Waals surface area contributed by atoms with Crippen molar-refractivity contribution in [3.8, 4) is 0 Å². The molecule has 0 spiro atoms. The first-order chi connectivity index (χ1) is 9.60. The molecule has 0 saturated carbocycles. The molecule has 2 rings (SSSR count). The summed E-state index contributed by atoms with van der Waals surface area (Å²) in [5.41, 5.74) is 1.40. The van der Waals surface area contributed by atoms with Crippen LogP contribution in [0.15, 0.2) is 60.7 Å². The fourth-order valence-corrected chi connectivity index (χ4v) is 12.7. The maximum atomic E-state index is 6.33. The average Bonchev–Trinajstić information content (AvgIpc) is 2.47. The molecular weight excluding hydrogens is 397 g/mol. The Kier molecular flexibility index (Phi) is 6.30. The van der Waals surface area contributed by atoms with E-state index < -0.39 is 4.43 Å². The summed E-state index contributed by atoms with van der Waals surface area (Å²) in [4.78, 5) is 0. The van der Waals surface area contributed by atoms with Crippen LogP contribution in [0.25, 0.3) is 0 Å². The third kappa shape index (κ3) is 4.71. The molecule has 0 saturated heterocycles. The topological polar surface area (TPSA) is 9.23 Å². The molecule has 0 aliphatic carbocycles. The summed E-state index contributed by atoms with van der Waals surface area (Å²) in [7, 11) is 0. The van der Waals surface area contributed by atoms with Crippen LogP contribution in [0.2, 0.25) is 0 Å². The van der Waals surface area contributed by atoms with Crippen molar-refractivity contribution in [2.45, 2.75) is 25.3 Å². The van der Waals surface area contributed by atoms with Gasteiger partial charge in [-0.2, -0.15) is 0 Å². The molecule has 0 amide bonds. The zero-order valence-corrected chi connectivity index (χ0v) is 16.1. The van der Waals surface area contributed by atoms with Gasteiger partial charge in [0.25, 0.3) is 0 Å². The van der Waals surface area contributed by atoms with E-state index in [0.717, 1.165) is 5.32 Å². The second-order valence-corrected chi connectivity index (χ2v) is 18.9. The van der Waals surface area contributed by atoms with Gasteiger partial charge in [-0.1, -0.05) is 0 Å². The monoisotopic (exact) mass is 418 g/mol. The van der Waals surface area contributed by atoms with Crippen LogP contribution in [-0.2, 0) is 9.84 Å². The molecule has 0 aliphatic heterocycles. The summed E-state index contributed by atoms with van der Waals surface area (Å²) in [6, 6.07) is 21.3. The van der Waals surface area contributed by atoms with Crippen LogP contribution in [0, 0.1) is 0 Å². The molecule has 0 aliphatic rings. The zero-order valence-electron chi connectivity index (χ0n) is 11.7. The number of benzene rings is 2. The standard InChI is InChI=1S/C16H19OPSe2/c1-14(2)17-18(19,16-11-7-4-8-12-16)20-13-15-9-5-3-6-10-15/h3-12,14H,13H2,1-2H3. The molecule has 0 N–H and O–H groups in total. The van der Waals surface area contributed by atoms with Gasteiger partial charge in [0.2, 0.25) is 0 Å². The Morgan fingerprint density at radius 3 is 2.10 bits per heavy atom. The van der Waals surface area contributed by atoms with Crippen LogP contribution in [0.4, 0.5) is 0 Å². The first-order valence-electron chi connectivity index (χ1n) is 6.63. The van der Waals surface area contributed by atoms with Crippen molar-refractivity contribution in [2.24, 2.45) is 0 Å². The van der Waals surface area contributed by atoms with E-state index in [1.165, 1.54) is 10.9 Å². The molecule has 106 valence electrons. The predicted octanol–water partition coefficient (Wildman–Crippen LogP) is 3.57. The van der Waals surface area contributed by atoms with Crippen LogP contribution in [-0.4, -0.2) is 35.7 Å². The quantitative estimate of drug-likeness (QED) is 0.517. The van der Waals surface area contributed by atoms with Gasteiger partial charge >= 0.3 is 135 Å². The van der Waals surface area contributed by atoms with Crippen molar-refractivity contribution in [3.63, 3.8) is 0 Å². The van der Waals surface area contributed by atoms with Crippen LogP contribution < -0.4 is 5.30 Å². The number of rotatable bonds is 6. The molecule has 4 heteroatoms. The Labute approximate surface area is 135 Å². The van der Waals surface area contributed by atoms with E-state index in [-0.39, 0.29) is 6.10 Å². The van der Waals surface area contributed by atoms with Crippen LogP contribution in [0.5, 0.6) is 0 Å². The summed E-state index contributed by atoms with van der Waals surface area (Å²) < 4.78 is 4.72. The molecule has 0 fully saturated rings. The normalized spacial score (nSPS) is 14.2. The van der Waals surface area contributed by atoms with Crippen molar-refractivity contribution >= 4 is 39.3 Å². The van der Waals surface area contributed by atoms with Gasteiger partial charge in [0.05, 0.1) is 0 Å². The summed E-state index contributed by atoms with van der Waals surface area (Å²) in [6.45, 7) is 4.24. The maximum absolute atomic E-state index is 6.33. The molecule has 1 atom stereocenters. The molecular formula is C16H19OPSe2. The van der Waals surface area contributed by atoms with Crippen LogP contribution in [0.1, 0.15) is 19.4 Å². The third-order valence-corrected chi connectivity index (χ3v) is 15.6. The average molecular weight is 416 g/mol. The predicted molar refractivity (Wildman–Crippen MR) is 90.9 cm³/mol.